The van der Waals surface area contributed by atoms with E-state index in [9.17, 15) is 4.79 Å². The molecule has 4 heteroatoms. The smallest absolute Gasteiger partial charge is 0.277 e. The van der Waals surface area contributed by atoms with Crippen molar-refractivity contribution < 1.29 is 0 Å². The van der Waals surface area contributed by atoms with Crippen LogP contribution in [0.5, 0.6) is 0 Å². The summed E-state index contributed by atoms with van der Waals surface area (Å²) in [6.45, 7) is 3.24. The minimum Gasteiger partial charge on any atom is -0.305 e. The first kappa shape index (κ1) is 17.6. The largest absolute Gasteiger partial charge is 0.305 e. The Balaban J connectivity index is 1.60. The Morgan fingerprint density at radius 3 is 2.57 bits per heavy atom. The van der Waals surface area contributed by atoms with Crippen molar-refractivity contribution in [1.29, 1.82) is 0 Å². The summed E-state index contributed by atoms with van der Waals surface area (Å²) in [7, 11) is 0. The van der Waals surface area contributed by atoms with Crippen LogP contribution in [0.25, 0.3) is 22.3 Å². The maximum atomic E-state index is 13.5. The monoisotopic (exact) mass is 373 g/mol. The van der Waals surface area contributed by atoms with Gasteiger partial charge in [0.15, 0.2) is 0 Å². The average molecular weight is 374 g/mol. The highest BCUT2D eigenvalue weighted by atomic mass is 16.1. The molecule has 0 N–H and O–H groups in total. The molecule has 0 spiro atoms. The fourth-order valence-corrected chi connectivity index (χ4v) is 5.18. The fraction of sp³-hybridized carbons (Fsp3) is 0.417. The van der Waals surface area contributed by atoms with Crippen molar-refractivity contribution in [2.45, 2.75) is 44.7 Å². The Kier molecular flexibility index (Phi) is 4.73. The highest BCUT2D eigenvalue weighted by Gasteiger charge is 2.33. The van der Waals surface area contributed by atoms with Crippen LogP contribution >= 0.6 is 0 Å². The predicted octanol–water partition coefficient (Wildman–Crippen LogP) is 4.33. The Hall–Kier alpha value is -2.46. The van der Waals surface area contributed by atoms with Crippen LogP contribution in [-0.2, 0) is 6.54 Å². The highest BCUT2D eigenvalue weighted by molar-refractivity contribution is 5.77. The maximum Gasteiger partial charge on any atom is 0.277 e. The van der Waals surface area contributed by atoms with Crippen molar-refractivity contribution >= 4 is 11.0 Å². The van der Waals surface area contributed by atoms with Crippen LogP contribution in [0.1, 0.15) is 32.1 Å². The summed E-state index contributed by atoms with van der Waals surface area (Å²) in [4.78, 5) is 20.9. The van der Waals surface area contributed by atoms with Crippen molar-refractivity contribution in [3.05, 3.63) is 65.0 Å². The van der Waals surface area contributed by atoms with Crippen LogP contribution in [0, 0.1) is 5.92 Å². The van der Waals surface area contributed by atoms with E-state index in [1.54, 1.807) is 0 Å². The minimum atomic E-state index is 0.0397. The molecule has 2 fully saturated rings. The first-order chi connectivity index (χ1) is 13.8. The molecule has 2 atom stereocenters. The van der Waals surface area contributed by atoms with Crippen LogP contribution in [0.4, 0.5) is 0 Å². The number of benzene rings is 2. The molecule has 0 bridgehead atoms. The van der Waals surface area contributed by atoms with Gasteiger partial charge in [-0.3, -0.25) is 4.79 Å². The molecule has 0 amide bonds. The van der Waals surface area contributed by atoms with Gasteiger partial charge in [0.25, 0.3) is 5.56 Å². The van der Waals surface area contributed by atoms with E-state index in [0.29, 0.717) is 17.7 Å². The van der Waals surface area contributed by atoms with Crippen molar-refractivity contribution in [3.63, 3.8) is 0 Å². The molecular formula is C24H27N3O. The molecule has 5 rings (SSSR count). The molecule has 0 saturated carbocycles. The summed E-state index contributed by atoms with van der Waals surface area (Å²) in [5, 5.41) is 0. The molecule has 2 aliphatic rings. The van der Waals surface area contributed by atoms with Crippen molar-refractivity contribution in [3.8, 4) is 11.3 Å². The highest BCUT2D eigenvalue weighted by Crippen LogP contribution is 2.32. The third kappa shape index (κ3) is 3.16. The van der Waals surface area contributed by atoms with E-state index in [1.807, 2.05) is 59.2 Å². The van der Waals surface area contributed by atoms with Gasteiger partial charge < -0.3 is 9.47 Å². The summed E-state index contributed by atoms with van der Waals surface area (Å²) >= 11 is 0. The molecule has 144 valence electrons. The topological polar surface area (TPSA) is 38.1 Å². The standard InChI is InChI=1S/C24H27N3O/c28-24-23(18-9-2-1-3-10-18)25-20-12-4-5-14-22(20)27(24)17-19-11-8-16-26-15-7-6-13-21(19)26/h1-5,9-10,12,14,19,21H,6-8,11,13,15-17H2. The van der Waals surface area contributed by atoms with Gasteiger partial charge in [-0.2, -0.15) is 0 Å². The quantitative estimate of drug-likeness (QED) is 0.686. The van der Waals surface area contributed by atoms with Gasteiger partial charge in [0.1, 0.15) is 5.69 Å². The number of hydrogen-bond acceptors (Lipinski definition) is 3. The molecule has 3 aromatic rings. The Morgan fingerprint density at radius 1 is 0.893 bits per heavy atom. The zero-order valence-corrected chi connectivity index (χ0v) is 16.3. The van der Waals surface area contributed by atoms with Crippen LogP contribution in [0.15, 0.2) is 59.4 Å². The van der Waals surface area contributed by atoms with Crippen LogP contribution in [-0.4, -0.2) is 33.6 Å². The molecule has 2 aromatic carbocycles. The van der Waals surface area contributed by atoms with E-state index in [0.717, 1.165) is 23.1 Å². The molecule has 3 heterocycles. The lowest BCUT2D eigenvalue weighted by Crippen LogP contribution is -2.49. The van der Waals surface area contributed by atoms with Crippen molar-refractivity contribution in [2.75, 3.05) is 13.1 Å². The van der Waals surface area contributed by atoms with E-state index in [2.05, 4.69) is 4.90 Å². The number of para-hydroxylation sites is 2. The van der Waals surface area contributed by atoms with E-state index < -0.39 is 0 Å². The van der Waals surface area contributed by atoms with E-state index in [1.165, 1.54) is 45.2 Å². The molecule has 1 aromatic heterocycles. The predicted molar refractivity (Wildman–Crippen MR) is 113 cm³/mol. The minimum absolute atomic E-state index is 0.0397. The number of nitrogens with zero attached hydrogens (tertiary/aromatic N) is 3. The lowest BCUT2D eigenvalue weighted by atomic mass is 9.83. The average Bonchev–Trinajstić information content (AvgIpc) is 2.76. The fourth-order valence-electron chi connectivity index (χ4n) is 5.18. The van der Waals surface area contributed by atoms with E-state index >= 15 is 0 Å². The molecule has 0 aliphatic carbocycles. The third-order valence-corrected chi connectivity index (χ3v) is 6.55. The number of fused-ring (bicyclic) bond motifs is 2. The third-order valence-electron chi connectivity index (χ3n) is 6.55. The first-order valence-corrected chi connectivity index (χ1v) is 10.6. The van der Waals surface area contributed by atoms with Gasteiger partial charge in [0, 0.05) is 18.2 Å². The van der Waals surface area contributed by atoms with Crippen molar-refractivity contribution in [2.24, 2.45) is 5.92 Å². The zero-order chi connectivity index (χ0) is 18.9. The van der Waals surface area contributed by atoms with Crippen molar-refractivity contribution in [1.82, 2.24) is 14.5 Å². The molecule has 2 unspecified atom stereocenters. The summed E-state index contributed by atoms with van der Waals surface area (Å²) in [6.07, 6.45) is 6.36. The second kappa shape index (κ2) is 7.51. The van der Waals surface area contributed by atoms with Crippen LogP contribution in [0.3, 0.4) is 0 Å². The number of hydrogen-bond donors (Lipinski definition) is 0. The Labute approximate surface area is 165 Å². The van der Waals surface area contributed by atoms with E-state index in [-0.39, 0.29) is 5.56 Å². The zero-order valence-electron chi connectivity index (χ0n) is 16.3. The molecule has 2 saturated heterocycles. The number of aromatic nitrogens is 2. The second-order valence-electron chi connectivity index (χ2n) is 8.23. The van der Waals surface area contributed by atoms with E-state index in [4.69, 9.17) is 4.98 Å². The van der Waals surface area contributed by atoms with Gasteiger partial charge >= 0.3 is 0 Å². The number of piperidine rings is 2. The van der Waals surface area contributed by atoms with Gasteiger partial charge in [0.2, 0.25) is 0 Å². The molecule has 4 nitrogen and oxygen atoms in total. The second-order valence-corrected chi connectivity index (χ2v) is 8.23. The normalized spacial score (nSPS) is 22.9. The lowest BCUT2D eigenvalue weighted by molar-refractivity contribution is 0.0520. The molecule has 0 radical (unpaired) electrons. The molecule has 28 heavy (non-hydrogen) atoms. The van der Waals surface area contributed by atoms with Gasteiger partial charge in [-0.05, 0) is 56.8 Å². The van der Waals surface area contributed by atoms with Gasteiger partial charge in [-0.1, -0.05) is 48.9 Å². The first-order valence-electron chi connectivity index (χ1n) is 10.6. The Morgan fingerprint density at radius 2 is 1.68 bits per heavy atom. The van der Waals surface area contributed by atoms with Crippen LogP contribution in [0.2, 0.25) is 0 Å². The molecular weight excluding hydrogens is 346 g/mol. The Bertz CT molecular complexity index is 1020. The van der Waals surface area contributed by atoms with Gasteiger partial charge in [-0.25, -0.2) is 4.98 Å². The SMILES string of the molecule is O=c1c(-c2ccccc2)nc2ccccc2n1CC1CCCN2CCCCC12. The van der Waals surface area contributed by atoms with Gasteiger partial charge in [-0.15, -0.1) is 0 Å². The summed E-state index contributed by atoms with van der Waals surface area (Å²) in [5.74, 6) is 0.543. The lowest BCUT2D eigenvalue weighted by Gasteiger charge is -2.44. The van der Waals surface area contributed by atoms with Gasteiger partial charge in [0.05, 0.1) is 11.0 Å². The number of rotatable bonds is 3. The summed E-state index contributed by atoms with van der Waals surface area (Å²) in [5.41, 5.74) is 3.36. The van der Waals surface area contributed by atoms with Crippen LogP contribution < -0.4 is 5.56 Å². The molecule has 2 aliphatic heterocycles. The summed E-state index contributed by atoms with van der Waals surface area (Å²) < 4.78 is 2.01. The summed E-state index contributed by atoms with van der Waals surface area (Å²) in [6, 6.07) is 18.6. The maximum absolute atomic E-state index is 13.5.